The Morgan fingerprint density at radius 3 is 2.37 bits per heavy atom. The Morgan fingerprint density at radius 2 is 1.70 bits per heavy atom. The van der Waals surface area contributed by atoms with E-state index in [1.807, 2.05) is 12.1 Å². The monoisotopic (exact) mass is 370 g/mol. The fourth-order valence-corrected chi connectivity index (χ4v) is 2.63. The van der Waals surface area contributed by atoms with Crippen LogP contribution < -0.4 is 4.74 Å². The van der Waals surface area contributed by atoms with Crippen molar-refractivity contribution in [1.29, 1.82) is 0 Å². The van der Waals surface area contributed by atoms with Gasteiger partial charge in [0.15, 0.2) is 6.10 Å². The molecule has 2 aromatic rings. The van der Waals surface area contributed by atoms with Gasteiger partial charge in [0, 0.05) is 12.2 Å². The number of ether oxygens (including phenoxy) is 2. The molecule has 1 N–H and O–H groups in total. The van der Waals surface area contributed by atoms with Gasteiger partial charge in [0.2, 0.25) is 0 Å². The van der Waals surface area contributed by atoms with Crippen molar-refractivity contribution in [3.05, 3.63) is 54.1 Å². The third kappa shape index (κ3) is 6.22. The standard InChI is InChI=1S/C22H26O5/c1-3-4-5-8-15-26-16(2)22(25)27-20-10-7-6-9-19(20)17-11-13-18(14-12-17)21(23)24/h6-7,9-14,16H,3-5,8,15H2,1-2H3,(H,23,24)/t16-/m0/s1. The van der Waals surface area contributed by atoms with Crippen molar-refractivity contribution in [2.75, 3.05) is 6.61 Å². The van der Waals surface area contributed by atoms with E-state index in [2.05, 4.69) is 6.92 Å². The zero-order chi connectivity index (χ0) is 19.6. The van der Waals surface area contributed by atoms with E-state index in [4.69, 9.17) is 14.6 Å². The minimum absolute atomic E-state index is 0.207. The van der Waals surface area contributed by atoms with Gasteiger partial charge in [-0.05, 0) is 37.1 Å². The van der Waals surface area contributed by atoms with E-state index in [0.29, 0.717) is 12.4 Å². The lowest BCUT2D eigenvalue weighted by Gasteiger charge is -2.15. The van der Waals surface area contributed by atoms with Gasteiger partial charge in [-0.3, -0.25) is 0 Å². The van der Waals surface area contributed by atoms with Crippen molar-refractivity contribution < 1.29 is 24.2 Å². The molecule has 1 atom stereocenters. The summed E-state index contributed by atoms with van der Waals surface area (Å²) in [6, 6.07) is 13.6. The highest BCUT2D eigenvalue weighted by Crippen LogP contribution is 2.30. The van der Waals surface area contributed by atoms with Crippen molar-refractivity contribution in [2.45, 2.75) is 45.6 Å². The van der Waals surface area contributed by atoms with Crippen LogP contribution in [-0.2, 0) is 9.53 Å². The Morgan fingerprint density at radius 1 is 1.00 bits per heavy atom. The third-order valence-electron chi connectivity index (χ3n) is 4.24. The molecule has 0 aromatic heterocycles. The molecule has 2 aromatic carbocycles. The van der Waals surface area contributed by atoms with Gasteiger partial charge in [-0.25, -0.2) is 9.59 Å². The molecule has 0 aliphatic carbocycles. The number of carbonyl (C=O) groups is 2. The van der Waals surface area contributed by atoms with E-state index in [0.717, 1.165) is 36.8 Å². The molecule has 0 spiro atoms. The summed E-state index contributed by atoms with van der Waals surface area (Å²) in [5, 5.41) is 9.02. The molecule has 144 valence electrons. The third-order valence-corrected chi connectivity index (χ3v) is 4.24. The van der Waals surface area contributed by atoms with Gasteiger partial charge in [-0.1, -0.05) is 56.5 Å². The summed E-state index contributed by atoms with van der Waals surface area (Å²) < 4.78 is 11.1. The van der Waals surface area contributed by atoms with Crippen molar-refractivity contribution in [2.24, 2.45) is 0 Å². The fourth-order valence-electron chi connectivity index (χ4n) is 2.63. The highest BCUT2D eigenvalue weighted by Gasteiger charge is 2.18. The lowest BCUT2D eigenvalue weighted by Crippen LogP contribution is -2.26. The molecule has 0 heterocycles. The first-order chi connectivity index (χ1) is 13.0. The van der Waals surface area contributed by atoms with Crippen LogP contribution in [0.4, 0.5) is 0 Å². The lowest BCUT2D eigenvalue weighted by molar-refractivity contribution is -0.146. The molecule has 2 rings (SSSR count). The first-order valence-electron chi connectivity index (χ1n) is 9.29. The summed E-state index contributed by atoms with van der Waals surface area (Å²) in [6.45, 7) is 4.37. The van der Waals surface area contributed by atoms with Gasteiger partial charge in [-0.15, -0.1) is 0 Å². The molecule has 0 radical (unpaired) electrons. The van der Waals surface area contributed by atoms with Gasteiger partial charge in [-0.2, -0.15) is 0 Å². The Bertz CT molecular complexity index is 752. The maximum Gasteiger partial charge on any atom is 0.340 e. The van der Waals surface area contributed by atoms with E-state index >= 15 is 0 Å². The summed E-state index contributed by atoms with van der Waals surface area (Å²) in [5.74, 6) is -1.00. The van der Waals surface area contributed by atoms with Crippen molar-refractivity contribution in [3.63, 3.8) is 0 Å². The predicted molar refractivity (Wildman–Crippen MR) is 104 cm³/mol. The number of carboxylic acid groups (broad SMARTS) is 1. The summed E-state index contributed by atoms with van der Waals surface area (Å²) in [6.07, 6.45) is 3.69. The number of hydrogen-bond donors (Lipinski definition) is 1. The normalized spacial score (nSPS) is 11.8. The first kappa shape index (κ1) is 20.6. The maximum atomic E-state index is 12.3. The quantitative estimate of drug-likeness (QED) is 0.364. The molecular formula is C22H26O5. The first-order valence-corrected chi connectivity index (χ1v) is 9.29. The van der Waals surface area contributed by atoms with Crippen LogP contribution in [0.5, 0.6) is 5.75 Å². The number of carboxylic acids is 1. The average molecular weight is 370 g/mol. The maximum absolute atomic E-state index is 12.3. The van der Waals surface area contributed by atoms with Crippen molar-refractivity contribution in [1.82, 2.24) is 0 Å². The topological polar surface area (TPSA) is 72.8 Å². The molecule has 0 amide bonds. The molecule has 0 saturated carbocycles. The van der Waals surface area contributed by atoms with E-state index in [1.165, 1.54) is 12.1 Å². The lowest BCUT2D eigenvalue weighted by atomic mass is 10.0. The number of unbranched alkanes of at least 4 members (excludes halogenated alkanes) is 3. The number of benzene rings is 2. The van der Waals surface area contributed by atoms with E-state index in [1.54, 1.807) is 31.2 Å². The number of aromatic carboxylic acids is 1. The van der Waals surface area contributed by atoms with E-state index < -0.39 is 18.0 Å². The molecular weight excluding hydrogens is 344 g/mol. The van der Waals surface area contributed by atoms with Gasteiger partial charge in [0.25, 0.3) is 0 Å². The summed E-state index contributed by atoms with van der Waals surface area (Å²) >= 11 is 0. The Balaban J connectivity index is 2.02. The molecule has 5 heteroatoms. The highest BCUT2D eigenvalue weighted by atomic mass is 16.6. The van der Waals surface area contributed by atoms with Gasteiger partial charge in [0.05, 0.1) is 5.56 Å². The minimum Gasteiger partial charge on any atom is -0.478 e. The molecule has 5 nitrogen and oxygen atoms in total. The minimum atomic E-state index is -0.980. The largest absolute Gasteiger partial charge is 0.478 e. The van der Waals surface area contributed by atoms with Crippen molar-refractivity contribution >= 4 is 11.9 Å². The van der Waals surface area contributed by atoms with E-state index in [9.17, 15) is 9.59 Å². The molecule has 0 aliphatic rings. The average Bonchev–Trinajstić information content (AvgIpc) is 2.68. The van der Waals surface area contributed by atoms with Crippen LogP contribution in [0.15, 0.2) is 48.5 Å². The second-order valence-electron chi connectivity index (χ2n) is 6.37. The van der Waals surface area contributed by atoms with Gasteiger partial charge in [0.1, 0.15) is 5.75 Å². The van der Waals surface area contributed by atoms with Crippen LogP contribution >= 0.6 is 0 Å². The Kier molecular flexibility index (Phi) is 8.01. The van der Waals surface area contributed by atoms with E-state index in [-0.39, 0.29) is 5.56 Å². The molecule has 27 heavy (non-hydrogen) atoms. The summed E-state index contributed by atoms with van der Waals surface area (Å²) in [7, 11) is 0. The molecule has 0 fully saturated rings. The predicted octanol–water partition coefficient (Wildman–Crippen LogP) is 4.94. The SMILES string of the molecule is CCCCCCO[C@@H](C)C(=O)Oc1ccccc1-c1ccc(C(=O)O)cc1. The number of hydrogen-bond acceptors (Lipinski definition) is 4. The number of rotatable bonds is 10. The number of esters is 1. The molecule has 0 bridgehead atoms. The van der Waals surface area contributed by atoms with Crippen LogP contribution in [-0.4, -0.2) is 29.8 Å². The van der Waals surface area contributed by atoms with Gasteiger partial charge >= 0.3 is 11.9 Å². The van der Waals surface area contributed by atoms with Crippen LogP contribution in [0.3, 0.4) is 0 Å². The zero-order valence-electron chi connectivity index (χ0n) is 15.8. The number of para-hydroxylation sites is 1. The van der Waals surface area contributed by atoms with Crippen LogP contribution in [0, 0.1) is 0 Å². The Hall–Kier alpha value is -2.66. The Labute approximate surface area is 159 Å². The van der Waals surface area contributed by atoms with Gasteiger partial charge < -0.3 is 14.6 Å². The summed E-state index contributed by atoms with van der Waals surface area (Å²) in [5.41, 5.74) is 1.70. The molecule has 0 aliphatic heterocycles. The van der Waals surface area contributed by atoms with Crippen LogP contribution in [0.1, 0.15) is 49.9 Å². The fraction of sp³-hybridized carbons (Fsp3) is 0.364. The zero-order valence-corrected chi connectivity index (χ0v) is 15.8. The van der Waals surface area contributed by atoms with Crippen molar-refractivity contribution in [3.8, 4) is 16.9 Å². The highest BCUT2D eigenvalue weighted by molar-refractivity contribution is 5.88. The number of carbonyl (C=O) groups excluding carboxylic acids is 1. The smallest absolute Gasteiger partial charge is 0.340 e. The molecule has 0 saturated heterocycles. The second kappa shape index (κ2) is 10.5. The van der Waals surface area contributed by atoms with Crippen LogP contribution in [0.2, 0.25) is 0 Å². The second-order valence-corrected chi connectivity index (χ2v) is 6.37. The summed E-state index contributed by atoms with van der Waals surface area (Å²) in [4.78, 5) is 23.3. The van der Waals surface area contributed by atoms with Crippen LogP contribution in [0.25, 0.3) is 11.1 Å². The molecule has 0 unspecified atom stereocenters.